The first-order valence-corrected chi connectivity index (χ1v) is 4.83. The third-order valence-corrected chi connectivity index (χ3v) is 2.30. The molecule has 0 radical (unpaired) electrons. The fourth-order valence-electron chi connectivity index (χ4n) is 0.978. The molecule has 0 fully saturated rings. The zero-order chi connectivity index (χ0) is 8.97. The topological polar surface area (TPSA) is 28.2 Å². The Morgan fingerprint density at radius 1 is 1.58 bits per heavy atom. The van der Waals surface area contributed by atoms with E-state index in [1.807, 2.05) is 7.05 Å². The van der Waals surface area contributed by atoms with Crippen molar-refractivity contribution in [1.82, 2.24) is 15.2 Å². The van der Waals surface area contributed by atoms with Gasteiger partial charge in [-0.3, -0.25) is 0 Å². The van der Waals surface area contributed by atoms with E-state index in [0.717, 1.165) is 23.8 Å². The Morgan fingerprint density at radius 3 is 2.92 bits per heavy atom. The Kier molecular flexibility index (Phi) is 3.65. The normalized spacial score (nSPS) is 11.0. The van der Waals surface area contributed by atoms with Crippen molar-refractivity contribution in [3.63, 3.8) is 0 Å². The van der Waals surface area contributed by atoms with Crippen LogP contribution in [0.1, 0.15) is 10.7 Å². The molecule has 0 saturated carbocycles. The Morgan fingerprint density at radius 2 is 2.33 bits per heavy atom. The van der Waals surface area contributed by atoms with Gasteiger partial charge in [0.1, 0.15) is 5.01 Å². The van der Waals surface area contributed by atoms with Crippen molar-refractivity contribution >= 4 is 11.3 Å². The van der Waals surface area contributed by atoms with Crippen LogP contribution in [0.15, 0.2) is 5.38 Å². The fourth-order valence-corrected chi connectivity index (χ4v) is 1.77. The largest absolute Gasteiger partial charge is 0.314 e. The van der Waals surface area contributed by atoms with Gasteiger partial charge in [-0.2, -0.15) is 0 Å². The van der Waals surface area contributed by atoms with E-state index in [9.17, 15) is 0 Å². The number of rotatable bonds is 4. The second kappa shape index (κ2) is 4.54. The maximum atomic E-state index is 4.45. The zero-order valence-corrected chi connectivity index (χ0v) is 8.61. The molecule has 12 heavy (non-hydrogen) atoms. The molecule has 1 aromatic heterocycles. The molecule has 0 unspecified atom stereocenters. The number of hydrogen-bond acceptors (Lipinski definition) is 4. The average molecular weight is 185 g/mol. The standard InChI is InChI=1S/C8H15N3S/c1-9-4-8-10-7(6-12-8)5-11(2)3/h6,9H,4-5H2,1-3H3. The molecular formula is C8H15N3S. The predicted octanol–water partition coefficient (Wildman–Crippen LogP) is 0.924. The van der Waals surface area contributed by atoms with Gasteiger partial charge in [0.15, 0.2) is 0 Å². The van der Waals surface area contributed by atoms with E-state index in [1.165, 1.54) is 0 Å². The van der Waals surface area contributed by atoms with Crippen molar-refractivity contribution in [3.8, 4) is 0 Å². The van der Waals surface area contributed by atoms with Crippen LogP contribution >= 0.6 is 11.3 Å². The SMILES string of the molecule is CNCc1nc(CN(C)C)cs1. The second-order valence-corrected chi connectivity index (χ2v) is 3.94. The lowest BCUT2D eigenvalue weighted by molar-refractivity contribution is 0.397. The van der Waals surface area contributed by atoms with Crippen LogP contribution in [0.5, 0.6) is 0 Å². The smallest absolute Gasteiger partial charge is 0.107 e. The predicted molar refractivity (Wildman–Crippen MR) is 52.3 cm³/mol. The summed E-state index contributed by atoms with van der Waals surface area (Å²) in [6.07, 6.45) is 0. The van der Waals surface area contributed by atoms with Gasteiger partial charge in [-0.05, 0) is 21.1 Å². The Bertz CT molecular complexity index is 232. The van der Waals surface area contributed by atoms with Gasteiger partial charge in [-0.1, -0.05) is 0 Å². The summed E-state index contributed by atoms with van der Waals surface area (Å²) >= 11 is 1.72. The van der Waals surface area contributed by atoms with Gasteiger partial charge in [0.05, 0.1) is 5.69 Å². The van der Waals surface area contributed by atoms with Crippen LogP contribution in [0.2, 0.25) is 0 Å². The summed E-state index contributed by atoms with van der Waals surface area (Å²) < 4.78 is 0. The van der Waals surface area contributed by atoms with Crippen LogP contribution in [0.25, 0.3) is 0 Å². The number of thiazole rings is 1. The van der Waals surface area contributed by atoms with Gasteiger partial charge in [0.25, 0.3) is 0 Å². The van der Waals surface area contributed by atoms with Gasteiger partial charge in [0.2, 0.25) is 0 Å². The van der Waals surface area contributed by atoms with Crippen molar-refractivity contribution in [3.05, 3.63) is 16.1 Å². The van der Waals surface area contributed by atoms with E-state index in [4.69, 9.17) is 0 Å². The summed E-state index contributed by atoms with van der Waals surface area (Å²) in [4.78, 5) is 6.58. The Balaban J connectivity index is 2.52. The fraction of sp³-hybridized carbons (Fsp3) is 0.625. The monoisotopic (exact) mass is 185 g/mol. The second-order valence-electron chi connectivity index (χ2n) is 3.00. The van der Waals surface area contributed by atoms with Gasteiger partial charge in [0, 0.05) is 18.5 Å². The number of aromatic nitrogens is 1. The number of nitrogens with one attached hydrogen (secondary N) is 1. The van der Waals surface area contributed by atoms with E-state index in [0.29, 0.717) is 0 Å². The maximum absolute atomic E-state index is 4.45. The van der Waals surface area contributed by atoms with Crippen molar-refractivity contribution < 1.29 is 0 Å². The molecule has 68 valence electrons. The van der Waals surface area contributed by atoms with Crippen molar-refractivity contribution in [2.45, 2.75) is 13.1 Å². The zero-order valence-electron chi connectivity index (χ0n) is 7.79. The molecule has 0 aromatic carbocycles. The van der Waals surface area contributed by atoms with E-state index in [1.54, 1.807) is 11.3 Å². The highest BCUT2D eigenvalue weighted by Crippen LogP contribution is 2.10. The average Bonchev–Trinajstić information content (AvgIpc) is 2.36. The lowest BCUT2D eigenvalue weighted by Gasteiger charge is -2.05. The highest BCUT2D eigenvalue weighted by atomic mass is 32.1. The van der Waals surface area contributed by atoms with E-state index < -0.39 is 0 Å². The van der Waals surface area contributed by atoms with E-state index in [-0.39, 0.29) is 0 Å². The molecule has 0 aliphatic carbocycles. The van der Waals surface area contributed by atoms with Gasteiger partial charge < -0.3 is 10.2 Å². The third kappa shape index (κ3) is 2.89. The van der Waals surface area contributed by atoms with Crippen LogP contribution in [-0.4, -0.2) is 31.0 Å². The summed E-state index contributed by atoms with van der Waals surface area (Å²) in [6.45, 7) is 1.80. The molecule has 0 saturated heterocycles. The first-order valence-electron chi connectivity index (χ1n) is 3.95. The lowest BCUT2D eigenvalue weighted by atomic mass is 10.4. The van der Waals surface area contributed by atoms with Crippen LogP contribution in [0.3, 0.4) is 0 Å². The lowest BCUT2D eigenvalue weighted by Crippen LogP contribution is -2.11. The molecule has 1 aromatic rings. The molecule has 3 nitrogen and oxygen atoms in total. The van der Waals surface area contributed by atoms with E-state index >= 15 is 0 Å². The molecule has 0 bridgehead atoms. The Labute approximate surface area is 77.4 Å². The van der Waals surface area contributed by atoms with Crippen molar-refractivity contribution in [2.24, 2.45) is 0 Å². The minimum Gasteiger partial charge on any atom is -0.314 e. The van der Waals surface area contributed by atoms with Gasteiger partial charge in [-0.15, -0.1) is 11.3 Å². The molecular weight excluding hydrogens is 170 g/mol. The van der Waals surface area contributed by atoms with Crippen molar-refractivity contribution in [2.75, 3.05) is 21.1 Å². The molecule has 1 N–H and O–H groups in total. The molecule has 1 rings (SSSR count). The number of nitrogens with zero attached hydrogens (tertiary/aromatic N) is 2. The summed E-state index contributed by atoms with van der Waals surface area (Å²) in [7, 11) is 6.04. The maximum Gasteiger partial charge on any atom is 0.107 e. The minimum atomic E-state index is 0.873. The van der Waals surface area contributed by atoms with Crippen LogP contribution in [0, 0.1) is 0 Å². The molecule has 0 spiro atoms. The minimum absolute atomic E-state index is 0.873. The van der Waals surface area contributed by atoms with Gasteiger partial charge in [-0.25, -0.2) is 4.98 Å². The first kappa shape index (κ1) is 9.64. The molecule has 0 aliphatic heterocycles. The highest BCUT2D eigenvalue weighted by molar-refractivity contribution is 7.09. The quantitative estimate of drug-likeness (QED) is 0.756. The van der Waals surface area contributed by atoms with Gasteiger partial charge >= 0.3 is 0 Å². The van der Waals surface area contributed by atoms with Crippen molar-refractivity contribution in [1.29, 1.82) is 0 Å². The van der Waals surface area contributed by atoms with Crippen LogP contribution < -0.4 is 5.32 Å². The van der Waals surface area contributed by atoms with Crippen LogP contribution in [-0.2, 0) is 13.1 Å². The highest BCUT2D eigenvalue weighted by Gasteiger charge is 2.01. The summed E-state index contributed by atoms with van der Waals surface area (Å²) in [5, 5.41) is 6.36. The molecule has 0 amide bonds. The summed E-state index contributed by atoms with van der Waals surface area (Å²) in [5.74, 6) is 0. The Hall–Kier alpha value is -0.450. The molecule has 0 atom stereocenters. The molecule has 1 heterocycles. The molecule has 0 aliphatic rings. The van der Waals surface area contributed by atoms with Crippen LogP contribution in [0.4, 0.5) is 0 Å². The first-order chi connectivity index (χ1) is 5.72. The summed E-state index contributed by atoms with van der Waals surface area (Å²) in [5.41, 5.74) is 1.16. The molecule has 4 heteroatoms. The number of hydrogen-bond donors (Lipinski definition) is 1. The van der Waals surface area contributed by atoms with E-state index in [2.05, 4.69) is 34.7 Å². The summed E-state index contributed by atoms with van der Waals surface area (Å²) in [6, 6.07) is 0. The third-order valence-electron chi connectivity index (χ3n) is 1.41.